The van der Waals surface area contributed by atoms with E-state index in [0.717, 1.165) is 42.4 Å². The minimum absolute atomic E-state index is 0.0229. The number of rotatable bonds is 15. The first kappa shape index (κ1) is 37.6. The lowest BCUT2D eigenvalue weighted by atomic mass is 10.0. The minimum Gasteiger partial charge on any atom is -0.489 e. The zero-order chi connectivity index (χ0) is 37.8. The number of ether oxygens (including phenoxy) is 1. The summed E-state index contributed by atoms with van der Waals surface area (Å²) in [5, 5.41) is 21.0. The molecule has 0 unspecified atom stereocenters. The number of aromatic nitrogens is 7. The average molecular weight is 772 g/mol. The molecule has 52 heavy (non-hydrogen) atoms. The third-order valence-electron chi connectivity index (χ3n) is 7.38. The number of nitrogen functional groups attached to an aromatic ring is 1. The molecule has 1 aliphatic heterocycles. The number of alkyl halides is 3. The van der Waals surface area contributed by atoms with Crippen molar-refractivity contribution in [2.45, 2.75) is 44.3 Å². The largest absolute Gasteiger partial charge is 0.492 e. The summed E-state index contributed by atoms with van der Waals surface area (Å²) in [5.41, 5.74) is 12.6. The van der Waals surface area contributed by atoms with Gasteiger partial charge in [-0.3, -0.25) is 9.59 Å². The van der Waals surface area contributed by atoms with Crippen LogP contribution in [0.1, 0.15) is 31.0 Å². The highest BCUT2D eigenvalue weighted by Gasteiger charge is 2.55. The quantitative estimate of drug-likeness (QED) is 0.0513. The summed E-state index contributed by atoms with van der Waals surface area (Å²) >= 11 is 0.929. The molecule has 0 radical (unpaired) electrons. The van der Waals surface area contributed by atoms with Crippen molar-refractivity contribution in [1.29, 1.82) is 0 Å². The molecule has 1 fully saturated rings. The van der Waals surface area contributed by atoms with Crippen molar-refractivity contribution in [3.63, 3.8) is 0 Å². The van der Waals surface area contributed by atoms with Crippen molar-refractivity contribution >= 4 is 50.3 Å². The third-order valence-corrected chi connectivity index (χ3v) is 9.41. The predicted molar refractivity (Wildman–Crippen MR) is 171 cm³/mol. The third kappa shape index (κ3) is 8.43. The molecule has 20 nitrogen and oxygen atoms in total. The molecule has 1 saturated heterocycles. The number of anilines is 1. The molecule has 0 aliphatic carbocycles. The van der Waals surface area contributed by atoms with Crippen LogP contribution in [0.3, 0.4) is 0 Å². The number of carbonyl (C=O) groups is 3. The Kier molecular flexibility index (Phi) is 11.0. The maximum atomic E-state index is 13.4. The summed E-state index contributed by atoms with van der Waals surface area (Å²) in [7, 11) is -3.57. The first-order valence-corrected chi connectivity index (χ1v) is 17.2. The number of benzene rings is 1. The van der Waals surface area contributed by atoms with Crippen LogP contribution in [0.4, 0.5) is 18.3 Å². The van der Waals surface area contributed by atoms with Crippen LogP contribution < -0.4 is 26.2 Å². The van der Waals surface area contributed by atoms with Crippen LogP contribution in [0.15, 0.2) is 47.2 Å². The number of aromatic amines is 1. The van der Waals surface area contributed by atoms with E-state index in [4.69, 9.17) is 21.0 Å². The Bertz CT molecular complexity index is 2050. The Morgan fingerprint density at radius 2 is 1.96 bits per heavy atom. The Hall–Kier alpha value is -5.69. The van der Waals surface area contributed by atoms with Gasteiger partial charge >= 0.3 is 22.4 Å². The van der Waals surface area contributed by atoms with Gasteiger partial charge in [-0.2, -0.15) is 35.8 Å². The molecule has 6 N–H and O–H groups in total. The summed E-state index contributed by atoms with van der Waals surface area (Å²) < 4.78 is 75.4. The number of halogens is 3. The van der Waals surface area contributed by atoms with Gasteiger partial charge < -0.3 is 30.5 Å². The van der Waals surface area contributed by atoms with Crippen molar-refractivity contribution in [2.24, 2.45) is 17.9 Å². The Morgan fingerprint density at radius 3 is 2.56 bits per heavy atom. The monoisotopic (exact) mass is 771 g/mol. The number of aryl methyl sites for hydroxylation is 2. The standard InChI is InChI=1S/C27H29F3N12O8S2/c1-14-20(24(44)42(14)52(46,47)50-25(45)27(28,29)30)34-23(43)21(18-13-51-26(32)33-18)37-49-19(22-35-38-39-36-22)12-48-17-6-4-15(5-7-17)16-10-40(2)41(11-16)9-3-8-31/h4-7,10-11,13-14,19-20H,3,8-9,12,31H2,1-2H3,(H3-,32,33,34,35,36,38,39,43)/p+1/b37-21-/t14-,19-,20-/m0/s1. The lowest BCUT2D eigenvalue weighted by Crippen LogP contribution is -2.71. The normalized spacial score (nSPS) is 17.0. The van der Waals surface area contributed by atoms with E-state index in [9.17, 15) is 36.0 Å². The summed E-state index contributed by atoms with van der Waals surface area (Å²) in [6, 6.07) is 4.08. The van der Waals surface area contributed by atoms with E-state index >= 15 is 0 Å². The van der Waals surface area contributed by atoms with Crippen molar-refractivity contribution < 1.29 is 54.4 Å². The summed E-state index contributed by atoms with van der Waals surface area (Å²) in [6.07, 6.45) is -2.02. The van der Waals surface area contributed by atoms with Crippen molar-refractivity contribution in [2.75, 3.05) is 18.9 Å². The first-order chi connectivity index (χ1) is 24.6. The number of nitrogens with two attached hydrogens (primary N) is 2. The second-order valence-electron chi connectivity index (χ2n) is 11.0. The van der Waals surface area contributed by atoms with Gasteiger partial charge in [0.1, 0.15) is 24.1 Å². The van der Waals surface area contributed by atoms with Gasteiger partial charge in [0.2, 0.25) is 18.1 Å². The molecular weight excluding hydrogens is 742 g/mol. The second-order valence-corrected chi connectivity index (χ2v) is 13.3. The van der Waals surface area contributed by atoms with E-state index in [1.807, 2.05) is 40.9 Å². The van der Waals surface area contributed by atoms with Gasteiger partial charge in [0.15, 0.2) is 17.9 Å². The summed E-state index contributed by atoms with van der Waals surface area (Å²) in [6.45, 7) is 2.17. The van der Waals surface area contributed by atoms with Gasteiger partial charge in [0, 0.05) is 5.38 Å². The molecule has 3 aromatic heterocycles. The van der Waals surface area contributed by atoms with Gasteiger partial charge in [-0.05, 0) is 37.6 Å². The van der Waals surface area contributed by atoms with E-state index in [-0.39, 0.29) is 27.6 Å². The van der Waals surface area contributed by atoms with Crippen LogP contribution in [0.25, 0.3) is 11.1 Å². The number of β-lactam (4-membered cyclic amide) rings is 1. The fourth-order valence-corrected chi connectivity index (χ4v) is 6.54. The van der Waals surface area contributed by atoms with Gasteiger partial charge in [0.05, 0.1) is 24.3 Å². The maximum absolute atomic E-state index is 13.4. The van der Waals surface area contributed by atoms with Crippen LogP contribution in [0.2, 0.25) is 0 Å². The predicted octanol–water partition coefficient (Wildman–Crippen LogP) is -0.513. The molecule has 1 aliphatic rings. The number of tetrazole rings is 1. The molecule has 4 aromatic rings. The number of nitrogens with zero attached hydrogens (tertiary/aromatic N) is 8. The van der Waals surface area contributed by atoms with E-state index in [0.29, 0.717) is 12.3 Å². The zero-order valence-electron chi connectivity index (χ0n) is 27.1. The molecule has 0 bridgehead atoms. The van der Waals surface area contributed by atoms with Crippen LogP contribution in [0.5, 0.6) is 5.75 Å². The smallest absolute Gasteiger partial charge is 0.489 e. The molecule has 1 aromatic carbocycles. The van der Waals surface area contributed by atoms with E-state index in [2.05, 4.69) is 40.3 Å². The molecule has 278 valence electrons. The fourth-order valence-electron chi connectivity index (χ4n) is 4.76. The van der Waals surface area contributed by atoms with Crippen molar-refractivity contribution in [3.05, 3.63) is 53.6 Å². The Balaban J connectivity index is 1.29. The number of hydrogen-bond donors (Lipinski definition) is 4. The first-order valence-electron chi connectivity index (χ1n) is 15.0. The van der Waals surface area contributed by atoms with Gasteiger partial charge in [0.25, 0.3) is 11.8 Å². The highest BCUT2D eigenvalue weighted by molar-refractivity contribution is 7.85. The van der Waals surface area contributed by atoms with Crippen molar-refractivity contribution in [1.82, 2.24) is 39.9 Å². The molecule has 4 heterocycles. The second kappa shape index (κ2) is 15.3. The fraction of sp³-hybridized carbons (Fsp3) is 0.370. The van der Waals surface area contributed by atoms with Crippen LogP contribution in [-0.2, 0) is 47.3 Å². The van der Waals surface area contributed by atoms with Crippen LogP contribution in [-0.4, -0.2) is 97.9 Å². The van der Waals surface area contributed by atoms with E-state index in [1.165, 1.54) is 5.38 Å². The minimum atomic E-state index is -5.65. The number of carbonyl (C=O) groups excluding carboxylic acids is 3. The number of hydrogen-bond acceptors (Lipinski definition) is 16. The number of oxime groups is 1. The van der Waals surface area contributed by atoms with Gasteiger partial charge in [-0.15, -0.1) is 26.2 Å². The molecule has 5 rings (SSSR count). The lowest BCUT2D eigenvalue weighted by molar-refractivity contribution is -0.753. The maximum Gasteiger partial charge on any atom is 0.492 e. The van der Waals surface area contributed by atoms with Gasteiger partial charge in [-0.1, -0.05) is 22.5 Å². The Labute approximate surface area is 295 Å². The number of thiazole rings is 1. The number of H-pyrrole nitrogens is 1. The lowest BCUT2D eigenvalue weighted by Gasteiger charge is -2.42. The van der Waals surface area contributed by atoms with Crippen LogP contribution >= 0.6 is 11.3 Å². The highest BCUT2D eigenvalue weighted by Crippen LogP contribution is 2.28. The molecule has 0 spiro atoms. The van der Waals surface area contributed by atoms with Gasteiger partial charge in [-0.25, -0.2) is 9.78 Å². The SMILES string of the molecule is C[C@H]1[C@H](NC(=O)/C(=N\O[C@@H](COc2ccc(-c3cn(CCCN)[n+](C)c3)cc2)c2nn[nH]n2)c2csc(N)n2)C(=O)N1S(=O)(=O)OC(=O)C(F)(F)F. The average Bonchev–Trinajstić information content (AvgIpc) is 3.86. The highest BCUT2D eigenvalue weighted by atomic mass is 32.2. The molecule has 3 atom stereocenters. The van der Waals surface area contributed by atoms with Crippen LogP contribution in [0, 0.1) is 0 Å². The Morgan fingerprint density at radius 1 is 1.23 bits per heavy atom. The number of nitrogens with one attached hydrogen (secondary N) is 2. The molecule has 0 saturated carbocycles. The van der Waals surface area contributed by atoms with Crippen molar-refractivity contribution in [3.8, 4) is 16.9 Å². The van der Waals surface area contributed by atoms with E-state index in [1.54, 1.807) is 12.1 Å². The molecule has 25 heteroatoms. The number of amides is 2. The topological polar surface area (TPSA) is 269 Å². The zero-order valence-corrected chi connectivity index (χ0v) is 28.7. The molecule has 2 amide bonds. The van der Waals surface area contributed by atoms with E-state index < -0.39 is 58.2 Å². The molecular formula is C27H30F3N12O8S2+. The summed E-state index contributed by atoms with van der Waals surface area (Å²) in [5.74, 6) is -5.16. The summed E-state index contributed by atoms with van der Waals surface area (Å²) in [4.78, 5) is 46.7.